The Morgan fingerprint density at radius 1 is 1.26 bits per heavy atom. The van der Waals surface area contributed by atoms with E-state index in [2.05, 4.69) is 46.1 Å². The number of hydrogen-bond donors (Lipinski definition) is 1. The van der Waals surface area contributed by atoms with Gasteiger partial charge in [0.2, 0.25) is 5.91 Å². The van der Waals surface area contributed by atoms with Gasteiger partial charge in [-0.05, 0) is 44.9 Å². The second-order valence-corrected chi connectivity index (χ2v) is 9.09. The maximum absolute atomic E-state index is 12.9. The molecule has 164 valence electrons. The van der Waals surface area contributed by atoms with E-state index in [9.17, 15) is 4.79 Å². The van der Waals surface area contributed by atoms with Crippen LogP contribution >= 0.6 is 23.4 Å². The number of hydrogen-bond acceptors (Lipinski definition) is 5. The Hall–Kier alpha value is -2.51. The lowest BCUT2D eigenvalue weighted by Crippen LogP contribution is -2.23. The molecule has 0 radical (unpaired) electrons. The highest BCUT2D eigenvalue weighted by atomic mass is 35.5. The van der Waals surface area contributed by atoms with Crippen LogP contribution in [0.15, 0.2) is 41.6 Å². The molecule has 0 bridgehead atoms. The summed E-state index contributed by atoms with van der Waals surface area (Å²) in [6.45, 7) is 8.68. The summed E-state index contributed by atoms with van der Waals surface area (Å²) < 4.78 is 7.44. The van der Waals surface area contributed by atoms with Crippen molar-refractivity contribution in [2.24, 2.45) is 0 Å². The van der Waals surface area contributed by atoms with Gasteiger partial charge in [-0.2, -0.15) is 0 Å². The second-order valence-electron chi connectivity index (χ2n) is 7.38. The Bertz CT molecular complexity index is 1080. The molecule has 0 fully saturated rings. The Morgan fingerprint density at radius 3 is 2.71 bits per heavy atom. The maximum atomic E-state index is 12.9. The van der Waals surface area contributed by atoms with E-state index in [1.54, 1.807) is 13.2 Å². The quantitative estimate of drug-likeness (QED) is 0.435. The summed E-state index contributed by atoms with van der Waals surface area (Å²) in [4.78, 5) is 12.9. The number of rotatable bonds is 8. The van der Waals surface area contributed by atoms with Crippen molar-refractivity contribution in [1.29, 1.82) is 0 Å². The van der Waals surface area contributed by atoms with E-state index in [-0.39, 0.29) is 11.2 Å². The van der Waals surface area contributed by atoms with Gasteiger partial charge >= 0.3 is 0 Å². The van der Waals surface area contributed by atoms with Crippen LogP contribution in [0.3, 0.4) is 0 Å². The average Bonchev–Trinajstić information content (AvgIpc) is 3.13. The van der Waals surface area contributed by atoms with Gasteiger partial charge in [0.15, 0.2) is 11.0 Å². The normalized spacial score (nSPS) is 11.9. The highest BCUT2D eigenvalue weighted by Crippen LogP contribution is 2.32. The summed E-state index contributed by atoms with van der Waals surface area (Å²) in [5.41, 5.74) is 3.64. The van der Waals surface area contributed by atoms with Crippen LogP contribution in [0.5, 0.6) is 5.75 Å². The molecule has 1 heterocycles. The van der Waals surface area contributed by atoms with Gasteiger partial charge in [-0.25, -0.2) is 0 Å². The van der Waals surface area contributed by atoms with Crippen LogP contribution in [0.25, 0.3) is 11.4 Å². The average molecular weight is 459 g/mol. The first-order valence-electron chi connectivity index (χ1n) is 10.2. The molecule has 0 saturated heterocycles. The number of aryl methyl sites for hydroxylation is 2. The number of carbonyl (C=O) groups is 1. The van der Waals surface area contributed by atoms with Crippen LogP contribution in [-0.4, -0.2) is 33.0 Å². The van der Waals surface area contributed by atoms with Crippen molar-refractivity contribution in [3.8, 4) is 17.1 Å². The number of anilines is 1. The number of nitrogens with one attached hydrogen (secondary N) is 1. The van der Waals surface area contributed by atoms with Crippen LogP contribution in [0.1, 0.15) is 31.4 Å². The maximum Gasteiger partial charge on any atom is 0.237 e. The van der Waals surface area contributed by atoms with Gasteiger partial charge in [0, 0.05) is 23.2 Å². The minimum absolute atomic E-state index is 0.145. The van der Waals surface area contributed by atoms with Gasteiger partial charge in [-0.3, -0.25) is 4.79 Å². The van der Waals surface area contributed by atoms with E-state index < -0.39 is 0 Å². The first-order valence-corrected chi connectivity index (χ1v) is 11.4. The summed E-state index contributed by atoms with van der Waals surface area (Å²) >= 11 is 7.55. The molecular weight excluding hydrogens is 432 g/mol. The predicted octanol–water partition coefficient (Wildman–Crippen LogP) is 5.75. The van der Waals surface area contributed by atoms with Gasteiger partial charge < -0.3 is 14.6 Å². The molecule has 3 rings (SSSR count). The van der Waals surface area contributed by atoms with E-state index in [0.717, 1.165) is 40.6 Å². The molecule has 0 aliphatic rings. The van der Waals surface area contributed by atoms with Crippen molar-refractivity contribution in [2.75, 3.05) is 12.4 Å². The number of ether oxygens (including phenoxy) is 1. The second kappa shape index (κ2) is 10.2. The number of methoxy groups -OCH3 is 1. The van der Waals surface area contributed by atoms with Crippen molar-refractivity contribution in [2.45, 2.75) is 51.1 Å². The molecule has 0 saturated carbocycles. The predicted molar refractivity (Wildman–Crippen MR) is 127 cm³/mol. The van der Waals surface area contributed by atoms with Crippen molar-refractivity contribution in [1.82, 2.24) is 14.8 Å². The zero-order valence-electron chi connectivity index (χ0n) is 18.4. The molecule has 8 heteroatoms. The standard InChI is InChI=1S/C23H27ClN4O2S/c1-6-10-28-21(17-9-7-8-14(2)11-17)26-27-23(28)31-16(4)22(29)25-19-12-15(3)18(24)13-20(19)30-5/h7-9,11-13,16H,6,10H2,1-5H3,(H,25,29). The number of benzene rings is 2. The van der Waals surface area contributed by atoms with Gasteiger partial charge in [-0.15, -0.1) is 10.2 Å². The number of amides is 1. The van der Waals surface area contributed by atoms with Gasteiger partial charge in [0.25, 0.3) is 0 Å². The van der Waals surface area contributed by atoms with Gasteiger partial charge in [0.05, 0.1) is 18.0 Å². The molecule has 0 spiro atoms. The molecule has 2 aromatic carbocycles. The molecule has 1 amide bonds. The Balaban J connectivity index is 1.81. The van der Waals surface area contributed by atoms with Crippen LogP contribution in [0.2, 0.25) is 5.02 Å². The SMILES string of the molecule is CCCn1c(SC(C)C(=O)Nc2cc(C)c(Cl)cc2OC)nnc1-c1cccc(C)c1. The van der Waals surface area contributed by atoms with Crippen molar-refractivity contribution in [3.05, 3.63) is 52.5 Å². The third-order valence-electron chi connectivity index (χ3n) is 4.83. The molecule has 31 heavy (non-hydrogen) atoms. The summed E-state index contributed by atoms with van der Waals surface area (Å²) in [5.74, 6) is 1.20. The van der Waals surface area contributed by atoms with Crippen molar-refractivity contribution in [3.63, 3.8) is 0 Å². The molecule has 0 aliphatic heterocycles. The molecule has 3 aromatic rings. The van der Waals surface area contributed by atoms with Crippen LogP contribution in [0.4, 0.5) is 5.69 Å². The van der Waals surface area contributed by atoms with Crippen LogP contribution in [-0.2, 0) is 11.3 Å². The number of halogens is 1. The fourth-order valence-electron chi connectivity index (χ4n) is 3.17. The monoisotopic (exact) mass is 458 g/mol. The summed E-state index contributed by atoms with van der Waals surface area (Å²) in [7, 11) is 1.55. The Labute approximate surface area is 192 Å². The van der Waals surface area contributed by atoms with E-state index >= 15 is 0 Å². The first-order chi connectivity index (χ1) is 14.8. The van der Waals surface area contributed by atoms with Crippen LogP contribution in [0, 0.1) is 13.8 Å². The fourth-order valence-corrected chi connectivity index (χ4v) is 4.20. The zero-order chi connectivity index (χ0) is 22.5. The summed E-state index contributed by atoms with van der Waals surface area (Å²) in [6, 6.07) is 11.7. The Morgan fingerprint density at radius 2 is 2.03 bits per heavy atom. The number of nitrogens with zero attached hydrogens (tertiary/aromatic N) is 3. The highest BCUT2D eigenvalue weighted by molar-refractivity contribution is 8.00. The minimum Gasteiger partial charge on any atom is -0.495 e. The fraction of sp³-hybridized carbons (Fsp3) is 0.348. The zero-order valence-corrected chi connectivity index (χ0v) is 20.0. The lowest BCUT2D eigenvalue weighted by Gasteiger charge is -2.16. The molecular formula is C23H27ClN4O2S. The largest absolute Gasteiger partial charge is 0.495 e. The molecule has 1 aromatic heterocycles. The topological polar surface area (TPSA) is 69.0 Å². The smallest absolute Gasteiger partial charge is 0.237 e. The minimum atomic E-state index is -0.383. The van der Waals surface area contributed by atoms with Crippen molar-refractivity contribution < 1.29 is 9.53 Å². The van der Waals surface area contributed by atoms with Gasteiger partial charge in [0.1, 0.15) is 5.75 Å². The first kappa shape index (κ1) is 23.2. The van der Waals surface area contributed by atoms with E-state index in [1.165, 1.54) is 11.8 Å². The van der Waals surface area contributed by atoms with E-state index in [1.807, 2.05) is 32.0 Å². The third-order valence-corrected chi connectivity index (χ3v) is 6.32. The summed E-state index contributed by atoms with van der Waals surface area (Å²) in [5, 5.41) is 12.7. The van der Waals surface area contributed by atoms with E-state index in [4.69, 9.17) is 16.3 Å². The Kier molecular flexibility index (Phi) is 7.62. The lowest BCUT2D eigenvalue weighted by molar-refractivity contribution is -0.115. The molecule has 6 nitrogen and oxygen atoms in total. The van der Waals surface area contributed by atoms with E-state index in [0.29, 0.717) is 16.5 Å². The molecule has 1 N–H and O–H groups in total. The number of carbonyl (C=O) groups excluding carboxylic acids is 1. The number of aromatic nitrogens is 3. The third kappa shape index (κ3) is 5.40. The highest BCUT2D eigenvalue weighted by Gasteiger charge is 2.22. The summed E-state index contributed by atoms with van der Waals surface area (Å²) in [6.07, 6.45) is 0.937. The number of thioether (sulfide) groups is 1. The van der Waals surface area contributed by atoms with Gasteiger partial charge in [-0.1, -0.05) is 54.0 Å². The van der Waals surface area contributed by atoms with Crippen LogP contribution < -0.4 is 10.1 Å². The molecule has 0 aliphatic carbocycles. The molecule has 1 atom stereocenters. The molecule has 1 unspecified atom stereocenters. The van der Waals surface area contributed by atoms with Crippen molar-refractivity contribution >= 4 is 35.0 Å². The lowest BCUT2D eigenvalue weighted by atomic mass is 10.1.